The molecule has 0 heterocycles. The second-order valence-corrected chi connectivity index (χ2v) is 3.48. The summed E-state index contributed by atoms with van der Waals surface area (Å²) in [5.41, 5.74) is -0.107. The molecule has 0 bridgehead atoms. The molecule has 0 aliphatic rings. The Kier molecular flexibility index (Phi) is 4.45. The number of nitrogens with one attached hydrogen (secondary N) is 2. The van der Waals surface area contributed by atoms with Gasteiger partial charge in [0.25, 0.3) is 5.69 Å². The number of hydrogen-bond acceptors (Lipinski definition) is 4. The molecule has 0 saturated heterocycles. The Morgan fingerprint density at radius 2 is 2.19 bits per heavy atom. The molecule has 16 heavy (non-hydrogen) atoms. The minimum atomic E-state index is -0.681. The molecular weight excluding hydrogens is 237 g/mol. The molecule has 0 fully saturated rings. The van der Waals surface area contributed by atoms with Crippen molar-refractivity contribution in [2.45, 2.75) is 0 Å². The predicted molar refractivity (Wildman–Crippen MR) is 60.5 cm³/mol. The van der Waals surface area contributed by atoms with Crippen molar-refractivity contribution in [3.05, 3.63) is 33.1 Å². The van der Waals surface area contributed by atoms with Gasteiger partial charge < -0.3 is 10.6 Å². The molecule has 1 aromatic rings. The maximum absolute atomic E-state index is 13.1. The number of nitro groups is 1. The minimum Gasteiger partial charge on any atom is -0.378 e. The normalized spacial score (nSPS) is 10.2. The van der Waals surface area contributed by atoms with Crippen LogP contribution < -0.4 is 10.6 Å². The Labute approximate surface area is 96.7 Å². The van der Waals surface area contributed by atoms with Gasteiger partial charge >= 0.3 is 0 Å². The van der Waals surface area contributed by atoms with E-state index in [1.54, 1.807) is 7.05 Å². The van der Waals surface area contributed by atoms with Crippen molar-refractivity contribution in [3.63, 3.8) is 0 Å². The Hall–Kier alpha value is -1.40. The quantitative estimate of drug-likeness (QED) is 0.475. The third-order valence-corrected chi connectivity index (χ3v) is 2.22. The highest BCUT2D eigenvalue weighted by Gasteiger charge is 2.17. The lowest BCUT2D eigenvalue weighted by Gasteiger charge is -2.07. The van der Waals surface area contributed by atoms with Crippen molar-refractivity contribution in [1.82, 2.24) is 5.32 Å². The molecule has 88 valence electrons. The molecule has 0 aliphatic carbocycles. The monoisotopic (exact) mass is 247 g/mol. The molecule has 2 N–H and O–H groups in total. The number of halogens is 2. The molecule has 0 atom stereocenters. The summed E-state index contributed by atoms with van der Waals surface area (Å²) >= 11 is 5.47. The van der Waals surface area contributed by atoms with Crippen LogP contribution in [0.2, 0.25) is 5.02 Å². The van der Waals surface area contributed by atoms with Gasteiger partial charge in [0.15, 0.2) is 0 Å². The van der Waals surface area contributed by atoms with Crippen molar-refractivity contribution in [1.29, 1.82) is 0 Å². The highest BCUT2D eigenvalue weighted by molar-refractivity contribution is 6.31. The zero-order valence-electron chi connectivity index (χ0n) is 8.59. The molecule has 7 heteroatoms. The third kappa shape index (κ3) is 3.04. The molecular formula is C9H11ClFN3O2. The van der Waals surface area contributed by atoms with E-state index in [1.807, 2.05) is 0 Å². The van der Waals surface area contributed by atoms with Crippen molar-refractivity contribution < 1.29 is 9.31 Å². The second-order valence-electron chi connectivity index (χ2n) is 3.07. The summed E-state index contributed by atoms with van der Waals surface area (Å²) in [7, 11) is 1.75. The largest absolute Gasteiger partial charge is 0.378 e. The van der Waals surface area contributed by atoms with E-state index in [1.165, 1.54) is 0 Å². The van der Waals surface area contributed by atoms with Crippen LogP contribution in [0.25, 0.3) is 0 Å². The van der Waals surface area contributed by atoms with Crippen LogP contribution in [0.4, 0.5) is 15.8 Å². The zero-order chi connectivity index (χ0) is 12.1. The standard InChI is InChI=1S/C9H11ClFN3O2/c1-12-2-3-13-8-5-7(11)6(10)4-9(8)14(15)16/h4-5,12-13H,2-3H2,1H3. The summed E-state index contributed by atoms with van der Waals surface area (Å²) in [5.74, 6) is -0.681. The average Bonchev–Trinajstić information content (AvgIpc) is 2.23. The SMILES string of the molecule is CNCCNc1cc(F)c(Cl)cc1[N+](=O)[O-]. The number of nitro benzene ring substituents is 1. The van der Waals surface area contributed by atoms with Crippen LogP contribution in [0.3, 0.4) is 0 Å². The molecule has 1 rings (SSSR count). The van der Waals surface area contributed by atoms with Crippen LogP contribution in [-0.2, 0) is 0 Å². The number of benzene rings is 1. The van der Waals surface area contributed by atoms with Gasteiger partial charge in [0.05, 0.1) is 9.95 Å². The number of hydrogen-bond donors (Lipinski definition) is 2. The fourth-order valence-corrected chi connectivity index (χ4v) is 1.31. The average molecular weight is 248 g/mol. The van der Waals surface area contributed by atoms with E-state index in [2.05, 4.69) is 10.6 Å². The van der Waals surface area contributed by atoms with E-state index in [0.29, 0.717) is 13.1 Å². The summed E-state index contributed by atoms with van der Waals surface area (Å²) in [6.07, 6.45) is 0. The Balaban J connectivity index is 2.95. The van der Waals surface area contributed by atoms with Gasteiger partial charge in [-0.15, -0.1) is 0 Å². The van der Waals surface area contributed by atoms with Gasteiger partial charge in [0.2, 0.25) is 0 Å². The van der Waals surface area contributed by atoms with Gasteiger partial charge in [-0.1, -0.05) is 11.6 Å². The van der Waals surface area contributed by atoms with E-state index < -0.39 is 10.7 Å². The molecule has 0 spiro atoms. The molecule has 1 aromatic carbocycles. The van der Waals surface area contributed by atoms with Gasteiger partial charge in [-0.05, 0) is 7.05 Å². The van der Waals surface area contributed by atoms with Crippen LogP contribution in [0, 0.1) is 15.9 Å². The van der Waals surface area contributed by atoms with Gasteiger partial charge in [-0.3, -0.25) is 10.1 Å². The Bertz CT molecular complexity index is 401. The lowest BCUT2D eigenvalue weighted by molar-refractivity contribution is -0.384. The topological polar surface area (TPSA) is 67.2 Å². The Morgan fingerprint density at radius 3 is 2.75 bits per heavy atom. The van der Waals surface area contributed by atoms with Crippen LogP contribution in [0.1, 0.15) is 0 Å². The van der Waals surface area contributed by atoms with Crippen LogP contribution in [0.15, 0.2) is 12.1 Å². The summed E-state index contributed by atoms with van der Waals surface area (Å²) in [5, 5.41) is 16.0. The van der Waals surface area contributed by atoms with Crippen molar-refractivity contribution in [2.24, 2.45) is 0 Å². The minimum absolute atomic E-state index is 0.127. The molecule has 0 amide bonds. The number of likely N-dealkylation sites (N-methyl/N-ethyl adjacent to an activating group) is 1. The summed E-state index contributed by atoms with van der Waals surface area (Å²) < 4.78 is 13.1. The fraction of sp³-hybridized carbons (Fsp3) is 0.333. The highest BCUT2D eigenvalue weighted by atomic mass is 35.5. The number of rotatable bonds is 5. The van der Waals surface area contributed by atoms with Gasteiger partial charge in [0, 0.05) is 25.2 Å². The predicted octanol–water partition coefficient (Wildman–Crippen LogP) is 2.02. The summed E-state index contributed by atoms with van der Waals surface area (Å²) in [6, 6.07) is 2.02. The molecule has 0 aliphatic heterocycles. The maximum Gasteiger partial charge on any atom is 0.294 e. The van der Waals surface area contributed by atoms with Crippen molar-refractivity contribution in [2.75, 3.05) is 25.5 Å². The zero-order valence-corrected chi connectivity index (χ0v) is 9.34. The fourth-order valence-electron chi connectivity index (χ4n) is 1.15. The summed E-state index contributed by atoms with van der Waals surface area (Å²) in [4.78, 5) is 10.1. The van der Waals surface area contributed by atoms with E-state index in [0.717, 1.165) is 12.1 Å². The molecule has 5 nitrogen and oxygen atoms in total. The first-order valence-corrected chi connectivity index (χ1v) is 4.96. The third-order valence-electron chi connectivity index (χ3n) is 1.93. The maximum atomic E-state index is 13.1. The van der Waals surface area contributed by atoms with E-state index in [9.17, 15) is 14.5 Å². The summed E-state index contributed by atoms with van der Waals surface area (Å²) in [6.45, 7) is 1.07. The molecule has 0 aromatic heterocycles. The molecule has 0 saturated carbocycles. The van der Waals surface area contributed by atoms with Crippen molar-refractivity contribution in [3.8, 4) is 0 Å². The van der Waals surface area contributed by atoms with Crippen LogP contribution in [0.5, 0.6) is 0 Å². The van der Waals surface area contributed by atoms with E-state index in [-0.39, 0.29) is 16.4 Å². The van der Waals surface area contributed by atoms with Gasteiger partial charge in [-0.2, -0.15) is 0 Å². The first kappa shape index (κ1) is 12.7. The van der Waals surface area contributed by atoms with Crippen LogP contribution >= 0.6 is 11.6 Å². The second kappa shape index (κ2) is 5.62. The van der Waals surface area contributed by atoms with E-state index >= 15 is 0 Å². The smallest absolute Gasteiger partial charge is 0.294 e. The lowest BCUT2D eigenvalue weighted by atomic mass is 10.2. The molecule has 0 unspecified atom stereocenters. The number of anilines is 1. The lowest BCUT2D eigenvalue weighted by Crippen LogP contribution is -2.18. The van der Waals surface area contributed by atoms with Crippen LogP contribution in [-0.4, -0.2) is 25.1 Å². The van der Waals surface area contributed by atoms with Gasteiger partial charge in [-0.25, -0.2) is 4.39 Å². The van der Waals surface area contributed by atoms with Crippen molar-refractivity contribution >= 4 is 23.0 Å². The van der Waals surface area contributed by atoms with Gasteiger partial charge in [0.1, 0.15) is 11.5 Å². The highest BCUT2D eigenvalue weighted by Crippen LogP contribution is 2.29. The number of nitrogens with zero attached hydrogens (tertiary/aromatic N) is 1. The molecule has 0 radical (unpaired) electrons. The first-order valence-electron chi connectivity index (χ1n) is 4.58. The van der Waals surface area contributed by atoms with E-state index in [4.69, 9.17) is 11.6 Å². The first-order chi connectivity index (χ1) is 7.56. The Morgan fingerprint density at radius 1 is 1.50 bits per heavy atom.